The molecule has 0 saturated heterocycles. The number of halogens is 2. The van der Waals surface area contributed by atoms with Crippen molar-refractivity contribution in [2.24, 2.45) is 0 Å². The molecule has 0 aliphatic carbocycles. The summed E-state index contributed by atoms with van der Waals surface area (Å²) in [5, 5.41) is 3.46. The van der Waals surface area contributed by atoms with Crippen LogP contribution in [0.25, 0.3) is 0 Å². The van der Waals surface area contributed by atoms with E-state index in [1.165, 1.54) is 17.0 Å². The first-order chi connectivity index (χ1) is 18.5. The number of hydrogen-bond acceptors (Lipinski definition) is 4. The van der Waals surface area contributed by atoms with E-state index in [2.05, 4.69) is 5.32 Å². The predicted octanol–water partition coefficient (Wildman–Crippen LogP) is 5.75. The summed E-state index contributed by atoms with van der Waals surface area (Å²) in [5.74, 6) is -0.850. The summed E-state index contributed by atoms with van der Waals surface area (Å²) in [6.07, 6.45) is 0.327. The summed E-state index contributed by atoms with van der Waals surface area (Å²) < 4.78 is 29.0. The van der Waals surface area contributed by atoms with Crippen molar-refractivity contribution in [1.82, 2.24) is 10.2 Å². The van der Waals surface area contributed by atoms with Gasteiger partial charge in [-0.25, -0.2) is 8.42 Å². The fourth-order valence-corrected chi connectivity index (χ4v) is 6.08. The Hall–Kier alpha value is -3.07. The molecule has 10 heteroatoms. The average molecular weight is 591 g/mol. The molecule has 0 fully saturated rings. The number of sulfonamides is 1. The van der Waals surface area contributed by atoms with Crippen molar-refractivity contribution in [3.8, 4) is 0 Å². The normalized spacial score (nSPS) is 12.1. The van der Waals surface area contributed by atoms with E-state index in [1.54, 1.807) is 63.2 Å². The molecule has 1 N–H and O–H groups in total. The third kappa shape index (κ3) is 7.32. The summed E-state index contributed by atoms with van der Waals surface area (Å²) in [6.45, 7) is 7.18. The van der Waals surface area contributed by atoms with Crippen molar-refractivity contribution in [2.75, 3.05) is 17.4 Å². The Bertz CT molecular complexity index is 1430. The van der Waals surface area contributed by atoms with E-state index >= 15 is 0 Å². The number of anilines is 1. The Labute approximate surface area is 240 Å². The molecule has 208 valence electrons. The lowest BCUT2D eigenvalue weighted by atomic mass is 10.1. The minimum atomic E-state index is -4.12. The van der Waals surface area contributed by atoms with E-state index < -0.39 is 28.5 Å². The molecule has 0 unspecified atom stereocenters. The second-order valence-electron chi connectivity index (χ2n) is 9.20. The molecule has 3 rings (SSSR count). The van der Waals surface area contributed by atoms with Crippen LogP contribution in [0.3, 0.4) is 0 Å². The monoisotopic (exact) mass is 589 g/mol. The van der Waals surface area contributed by atoms with Crippen LogP contribution in [0.5, 0.6) is 0 Å². The van der Waals surface area contributed by atoms with Crippen LogP contribution in [-0.4, -0.2) is 44.3 Å². The standard InChI is InChI=1S/C29H33Cl2N3O4S/c1-5-26(29(36)32-6-2)33(18-22-14-15-24(30)25(31)17-22)28(35)19-34(27-16-20(3)12-13-21(27)4)39(37,38)23-10-8-7-9-11-23/h7-17,26H,5-6,18-19H2,1-4H3,(H,32,36)/t26-/m1/s1. The Balaban J connectivity index is 2.10. The number of nitrogens with zero attached hydrogens (tertiary/aromatic N) is 2. The van der Waals surface area contributed by atoms with Crippen LogP contribution < -0.4 is 9.62 Å². The van der Waals surface area contributed by atoms with Gasteiger partial charge in [-0.2, -0.15) is 0 Å². The first kappa shape index (κ1) is 30.5. The van der Waals surface area contributed by atoms with Crippen molar-refractivity contribution in [3.05, 3.63) is 93.5 Å². The summed E-state index contributed by atoms with van der Waals surface area (Å²) in [5.41, 5.74) is 2.59. The van der Waals surface area contributed by atoms with E-state index in [0.29, 0.717) is 39.8 Å². The van der Waals surface area contributed by atoms with Gasteiger partial charge in [0.05, 0.1) is 20.6 Å². The molecule has 3 aromatic carbocycles. The molecule has 2 amide bonds. The molecule has 0 spiro atoms. The van der Waals surface area contributed by atoms with Crippen LogP contribution in [0.1, 0.15) is 37.0 Å². The van der Waals surface area contributed by atoms with Gasteiger partial charge in [0, 0.05) is 13.1 Å². The van der Waals surface area contributed by atoms with Gasteiger partial charge in [-0.05, 0) is 74.2 Å². The Kier molecular flexibility index (Phi) is 10.4. The minimum absolute atomic E-state index is 0.0391. The maximum Gasteiger partial charge on any atom is 0.264 e. The molecule has 0 heterocycles. The highest BCUT2D eigenvalue weighted by atomic mass is 35.5. The first-order valence-corrected chi connectivity index (χ1v) is 14.8. The summed E-state index contributed by atoms with van der Waals surface area (Å²) >= 11 is 12.3. The van der Waals surface area contributed by atoms with E-state index in [9.17, 15) is 18.0 Å². The van der Waals surface area contributed by atoms with Crippen molar-refractivity contribution in [3.63, 3.8) is 0 Å². The number of aryl methyl sites for hydroxylation is 2. The van der Waals surface area contributed by atoms with Crippen LogP contribution in [0.2, 0.25) is 10.0 Å². The Morgan fingerprint density at radius 2 is 1.62 bits per heavy atom. The van der Waals surface area contributed by atoms with Gasteiger partial charge in [0.25, 0.3) is 10.0 Å². The average Bonchev–Trinajstić information content (AvgIpc) is 2.91. The van der Waals surface area contributed by atoms with Gasteiger partial charge >= 0.3 is 0 Å². The number of likely N-dealkylation sites (N-methyl/N-ethyl adjacent to an activating group) is 1. The van der Waals surface area contributed by atoms with Crippen LogP contribution in [-0.2, 0) is 26.2 Å². The molecule has 7 nitrogen and oxygen atoms in total. The van der Waals surface area contributed by atoms with Gasteiger partial charge in [0.15, 0.2) is 0 Å². The molecule has 0 aromatic heterocycles. The largest absolute Gasteiger partial charge is 0.355 e. The van der Waals surface area contributed by atoms with Crippen LogP contribution in [0.4, 0.5) is 5.69 Å². The molecular formula is C29H33Cl2N3O4S. The SMILES string of the molecule is CCNC(=O)[C@@H](CC)N(Cc1ccc(Cl)c(Cl)c1)C(=O)CN(c1cc(C)ccc1C)S(=O)(=O)c1ccccc1. The van der Waals surface area contributed by atoms with Crippen molar-refractivity contribution in [1.29, 1.82) is 0 Å². The van der Waals surface area contributed by atoms with Crippen LogP contribution >= 0.6 is 23.2 Å². The number of benzene rings is 3. The number of rotatable bonds is 11. The smallest absolute Gasteiger partial charge is 0.264 e. The molecule has 1 atom stereocenters. The lowest BCUT2D eigenvalue weighted by molar-refractivity contribution is -0.140. The van der Waals surface area contributed by atoms with E-state index in [0.717, 1.165) is 9.87 Å². The third-order valence-corrected chi connectivity index (χ3v) is 8.83. The van der Waals surface area contributed by atoms with E-state index in [1.807, 2.05) is 19.1 Å². The second kappa shape index (κ2) is 13.3. The Morgan fingerprint density at radius 3 is 2.23 bits per heavy atom. The molecule has 3 aromatic rings. The fourth-order valence-electron chi connectivity index (χ4n) is 4.27. The maximum atomic E-state index is 14.0. The van der Waals surface area contributed by atoms with Gasteiger partial charge in [-0.1, -0.05) is 66.5 Å². The van der Waals surface area contributed by atoms with Crippen LogP contribution in [0, 0.1) is 13.8 Å². The zero-order valence-electron chi connectivity index (χ0n) is 22.4. The van der Waals surface area contributed by atoms with Crippen molar-refractivity contribution < 1.29 is 18.0 Å². The first-order valence-electron chi connectivity index (χ1n) is 12.7. The van der Waals surface area contributed by atoms with Gasteiger partial charge in [0.1, 0.15) is 12.6 Å². The van der Waals surface area contributed by atoms with Gasteiger partial charge in [-0.3, -0.25) is 13.9 Å². The predicted molar refractivity (Wildman–Crippen MR) is 157 cm³/mol. The van der Waals surface area contributed by atoms with Crippen LogP contribution in [0.15, 0.2) is 71.6 Å². The van der Waals surface area contributed by atoms with E-state index in [4.69, 9.17) is 23.2 Å². The molecule has 0 radical (unpaired) electrons. The highest BCUT2D eigenvalue weighted by molar-refractivity contribution is 7.92. The maximum absolute atomic E-state index is 14.0. The zero-order valence-corrected chi connectivity index (χ0v) is 24.8. The highest BCUT2D eigenvalue weighted by Gasteiger charge is 2.34. The third-order valence-electron chi connectivity index (χ3n) is 6.32. The van der Waals surface area contributed by atoms with Gasteiger partial charge in [-0.15, -0.1) is 0 Å². The molecule has 0 bridgehead atoms. The molecule has 39 heavy (non-hydrogen) atoms. The zero-order chi connectivity index (χ0) is 28.7. The van der Waals surface area contributed by atoms with Gasteiger partial charge in [0.2, 0.25) is 11.8 Å². The fraction of sp³-hybridized carbons (Fsp3) is 0.310. The molecule has 0 aliphatic heterocycles. The lowest BCUT2D eigenvalue weighted by Crippen LogP contribution is -2.52. The molecule has 0 aliphatic rings. The lowest BCUT2D eigenvalue weighted by Gasteiger charge is -2.33. The van der Waals surface area contributed by atoms with Crippen molar-refractivity contribution in [2.45, 2.75) is 51.6 Å². The van der Waals surface area contributed by atoms with Gasteiger partial charge < -0.3 is 10.2 Å². The molecular weight excluding hydrogens is 557 g/mol. The Morgan fingerprint density at radius 1 is 0.923 bits per heavy atom. The second-order valence-corrected chi connectivity index (χ2v) is 11.9. The minimum Gasteiger partial charge on any atom is -0.355 e. The number of carbonyl (C=O) groups excluding carboxylic acids is 2. The topological polar surface area (TPSA) is 86.8 Å². The quantitative estimate of drug-likeness (QED) is 0.308. The summed E-state index contributed by atoms with van der Waals surface area (Å²) in [7, 11) is -4.12. The highest BCUT2D eigenvalue weighted by Crippen LogP contribution is 2.29. The number of carbonyl (C=O) groups is 2. The van der Waals surface area contributed by atoms with Crippen molar-refractivity contribution >= 4 is 50.7 Å². The summed E-state index contributed by atoms with van der Waals surface area (Å²) in [4.78, 5) is 28.5. The molecule has 0 saturated carbocycles. The number of nitrogens with one attached hydrogen (secondary N) is 1. The van der Waals surface area contributed by atoms with E-state index in [-0.39, 0.29) is 17.3 Å². The number of hydrogen-bond donors (Lipinski definition) is 1. The number of amides is 2. The summed E-state index contributed by atoms with van der Waals surface area (Å²) in [6, 6.07) is 17.6.